The van der Waals surface area contributed by atoms with Gasteiger partial charge in [-0.25, -0.2) is 0 Å². The Morgan fingerprint density at radius 1 is 1.19 bits per heavy atom. The summed E-state index contributed by atoms with van der Waals surface area (Å²) in [6.45, 7) is 8.77. The molecule has 0 unspecified atom stereocenters. The van der Waals surface area contributed by atoms with Gasteiger partial charge in [-0.1, -0.05) is 25.5 Å². The lowest BCUT2D eigenvalue weighted by atomic mass is 9.97. The van der Waals surface area contributed by atoms with E-state index in [-0.39, 0.29) is 11.8 Å². The number of amides is 1. The first kappa shape index (κ1) is 19.3. The number of benzene rings is 1. The summed E-state index contributed by atoms with van der Waals surface area (Å²) in [6.07, 6.45) is 4.09. The standard InChI is InChI=1S/C22H30N4O/c1-4-5-12-23-22(27)19-7-6-13-26(15-19)21-11-10-20(24-25-21)18-9-8-16(2)17(3)14-18/h8-11,14,19H,4-7,12-13,15H2,1-3H3,(H,23,27)/t19-/m1/s1. The van der Waals surface area contributed by atoms with E-state index in [1.807, 2.05) is 12.1 Å². The summed E-state index contributed by atoms with van der Waals surface area (Å²) in [5.41, 5.74) is 4.50. The van der Waals surface area contributed by atoms with Crippen molar-refractivity contribution in [2.45, 2.75) is 46.5 Å². The van der Waals surface area contributed by atoms with Crippen molar-refractivity contribution in [1.29, 1.82) is 0 Å². The molecule has 1 aromatic heterocycles. The summed E-state index contributed by atoms with van der Waals surface area (Å²) in [7, 11) is 0. The van der Waals surface area contributed by atoms with Gasteiger partial charge in [0.2, 0.25) is 5.91 Å². The number of aromatic nitrogens is 2. The number of carbonyl (C=O) groups is 1. The van der Waals surface area contributed by atoms with Crippen molar-refractivity contribution in [3.8, 4) is 11.3 Å². The number of nitrogens with one attached hydrogen (secondary N) is 1. The van der Waals surface area contributed by atoms with Gasteiger partial charge >= 0.3 is 0 Å². The van der Waals surface area contributed by atoms with Crippen molar-refractivity contribution >= 4 is 11.7 Å². The SMILES string of the molecule is CCCCNC(=O)[C@@H]1CCCN(c2ccc(-c3ccc(C)c(C)c3)nn2)C1. The maximum Gasteiger partial charge on any atom is 0.224 e. The number of anilines is 1. The van der Waals surface area contributed by atoms with Crippen LogP contribution in [0, 0.1) is 19.8 Å². The predicted octanol–water partition coefficient (Wildman–Crippen LogP) is 3.89. The van der Waals surface area contributed by atoms with Gasteiger partial charge in [-0.05, 0) is 62.4 Å². The number of piperidine rings is 1. The Balaban J connectivity index is 1.65. The van der Waals surface area contributed by atoms with Gasteiger partial charge in [0, 0.05) is 25.2 Å². The summed E-state index contributed by atoms with van der Waals surface area (Å²) in [5.74, 6) is 1.07. The lowest BCUT2D eigenvalue weighted by Gasteiger charge is -2.32. The number of hydrogen-bond donors (Lipinski definition) is 1. The Morgan fingerprint density at radius 3 is 2.74 bits per heavy atom. The van der Waals surface area contributed by atoms with E-state index in [1.165, 1.54) is 11.1 Å². The van der Waals surface area contributed by atoms with Gasteiger partial charge < -0.3 is 10.2 Å². The first-order valence-electron chi connectivity index (χ1n) is 10.0. The molecule has 1 saturated heterocycles. The van der Waals surface area contributed by atoms with E-state index in [4.69, 9.17) is 0 Å². The lowest BCUT2D eigenvalue weighted by Crippen LogP contribution is -2.43. The third kappa shape index (κ3) is 4.85. The van der Waals surface area contributed by atoms with Gasteiger partial charge in [0.05, 0.1) is 11.6 Å². The normalized spacial score (nSPS) is 17.0. The van der Waals surface area contributed by atoms with E-state index in [9.17, 15) is 4.79 Å². The third-order valence-corrected chi connectivity index (χ3v) is 5.40. The molecular weight excluding hydrogens is 336 g/mol. The van der Waals surface area contributed by atoms with Gasteiger partial charge in [0.25, 0.3) is 0 Å². The van der Waals surface area contributed by atoms with Gasteiger partial charge in [-0.2, -0.15) is 0 Å². The summed E-state index contributed by atoms with van der Waals surface area (Å²) in [6, 6.07) is 10.4. The van der Waals surface area contributed by atoms with Gasteiger partial charge in [-0.15, -0.1) is 10.2 Å². The second-order valence-corrected chi connectivity index (χ2v) is 7.51. The molecule has 3 rings (SSSR count). The Kier molecular flexibility index (Phi) is 6.43. The van der Waals surface area contributed by atoms with Crippen molar-refractivity contribution in [2.24, 2.45) is 5.92 Å². The largest absolute Gasteiger partial charge is 0.356 e. The molecule has 144 valence electrons. The van der Waals surface area contributed by atoms with E-state index in [1.54, 1.807) is 0 Å². The van der Waals surface area contributed by atoms with Crippen LogP contribution in [0.25, 0.3) is 11.3 Å². The van der Waals surface area contributed by atoms with Gasteiger partial charge in [0.15, 0.2) is 5.82 Å². The molecule has 1 N–H and O–H groups in total. The highest BCUT2D eigenvalue weighted by Gasteiger charge is 2.26. The highest BCUT2D eigenvalue weighted by Crippen LogP contribution is 2.24. The molecule has 0 radical (unpaired) electrons. The average molecular weight is 367 g/mol. The Hall–Kier alpha value is -2.43. The van der Waals surface area contributed by atoms with Crippen LogP contribution in [-0.2, 0) is 4.79 Å². The molecule has 2 heterocycles. The minimum Gasteiger partial charge on any atom is -0.356 e. The van der Waals surface area contributed by atoms with Crippen LogP contribution in [0.5, 0.6) is 0 Å². The molecular formula is C22H30N4O. The van der Waals surface area contributed by atoms with Crippen LogP contribution in [0.3, 0.4) is 0 Å². The van der Waals surface area contributed by atoms with E-state index in [0.717, 1.165) is 62.4 Å². The second-order valence-electron chi connectivity index (χ2n) is 7.51. The molecule has 1 aliphatic heterocycles. The van der Waals surface area contributed by atoms with Crippen LogP contribution in [0.1, 0.15) is 43.7 Å². The summed E-state index contributed by atoms with van der Waals surface area (Å²) < 4.78 is 0. The zero-order valence-corrected chi connectivity index (χ0v) is 16.7. The maximum atomic E-state index is 12.4. The summed E-state index contributed by atoms with van der Waals surface area (Å²) >= 11 is 0. The molecule has 1 amide bonds. The Bertz CT molecular complexity index is 772. The smallest absolute Gasteiger partial charge is 0.224 e. The van der Waals surface area contributed by atoms with Crippen molar-refractivity contribution in [3.05, 3.63) is 41.5 Å². The van der Waals surface area contributed by atoms with Crippen LogP contribution >= 0.6 is 0 Å². The zero-order valence-electron chi connectivity index (χ0n) is 16.7. The molecule has 1 aromatic carbocycles. The van der Waals surface area contributed by atoms with Crippen LogP contribution < -0.4 is 10.2 Å². The predicted molar refractivity (Wildman–Crippen MR) is 110 cm³/mol. The molecule has 0 saturated carbocycles. The fourth-order valence-corrected chi connectivity index (χ4v) is 3.48. The highest BCUT2D eigenvalue weighted by atomic mass is 16.1. The van der Waals surface area contributed by atoms with Crippen LogP contribution in [0.4, 0.5) is 5.82 Å². The second kappa shape index (κ2) is 8.98. The maximum absolute atomic E-state index is 12.4. The molecule has 1 aliphatic rings. The highest BCUT2D eigenvalue weighted by molar-refractivity contribution is 5.79. The molecule has 1 atom stereocenters. The number of aryl methyl sites for hydroxylation is 2. The number of rotatable bonds is 6. The quantitative estimate of drug-likeness (QED) is 0.788. The topological polar surface area (TPSA) is 58.1 Å². The first-order valence-corrected chi connectivity index (χ1v) is 10.0. The van der Waals surface area contributed by atoms with E-state index in [0.29, 0.717) is 0 Å². The van der Waals surface area contributed by atoms with Crippen LogP contribution in [0.15, 0.2) is 30.3 Å². The van der Waals surface area contributed by atoms with Crippen molar-refractivity contribution in [3.63, 3.8) is 0 Å². The van der Waals surface area contributed by atoms with Crippen molar-refractivity contribution < 1.29 is 4.79 Å². The molecule has 5 nitrogen and oxygen atoms in total. The molecule has 1 fully saturated rings. The minimum atomic E-state index is 0.0387. The van der Waals surface area contributed by atoms with Crippen molar-refractivity contribution in [1.82, 2.24) is 15.5 Å². The fourth-order valence-electron chi connectivity index (χ4n) is 3.48. The van der Waals surface area contributed by atoms with Crippen LogP contribution in [0.2, 0.25) is 0 Å². The van der Waals surface area contributed by atoms with Gasteiger partial charge in [-0.3, -0.25) is 4.79 Å². The van der Waals surface area contributed by atoms with E-state index in [2.05, 4.69) is 59.4 Å². The van der Waals surface area contributed by atoms with Crippen LogP contribution in [-0.4, -0.2) is 35.7 Å². The number of unbranched alkanes of at least 4 members (excludes halogenated alkanes) is 1. The molecule has 5 heteroatoms. The minimum absolute atomic E-state index is 0.0387. The fraction of sp³-hybridized carbons (Fsp3) is 0.500. The molecule has 0 spiro atoms. The number of nitrogens with zero attached hydrogens (tertiary/aromatic N) is 3. The summed E-state index contributed by atoms with van der Waals surface area (Å²) in [5, 5.41) is 11.9. The lowest BCUT2D eigenvalue weighted by molar-refractivity contribution is -0.125. The van der Waals surface area contributed by atoms with E-state index >= 15 is 0 Å². The number of hydrogen-bond acceptors (Lipinski definition) is 4. The number of carbonyl (C=O) groups excluding carboxylic acids is 1. The first-order chi connectivity index (χ1) is 13.1. The molecule has 0 bridgehead atoms. The zero-order chi connectivity index (χ0) is 19.2. The summed E-state index contributed by atoms with van der Waals surface area (Å²) in [4.78, 5) is 14.6. The molecule has 2 aromatic rings. The average Bonchev–Trinajstić information content (AvgIpc) is 2.70. The molecule has 27 heavy (non-hydrogen) atoms. The Morgan fingerprint density at radius 2 is 2.04 bits per heavy atom. The molecule has 0 aliphatic carbocycles. The third-order valence-electron chi connectivity index (χ3n) is 5.40. The van der Waals surface area contributed by atoms with E-state index < -0.39 is 0 Å². The van der Waals surface area contributed by atoms with Crippen molar-refractivity contribution in [2.75, 3.05) is 24.5 Å². The Labute approximate surface area is 162 Å². The van der Waals surface area contributed by atoms with Gasteiger partial charge in [0.1, 0.15) is 0 Å². The monoisotopic (exact) mass is 366 g/mol.